The van der Waals surface area contributed by atoms with Crippen LogP contribution in [-0.4, -0.2) is 48.2 Å². The second-order valence-corrected chi connectivity index (χ2v) is 5.29. The first-order valence-electron chi connectivity index (χ1n) is 6.83. The summed E-state index contributed by atoms with van der Waals surface area (Å²) in [5, 5.41) is 9.14. The molecule has 0 aliphatic carbocycles. The van der Waals surface area contributed by atoms with Crippen molar-refractivity contribution in [3.63, 3.8) is 0 Å². The fourth-order valence-corrected chi connectivity index (χ4v) is 2.85. The summed E-state index contributed by atoms with van der Waals surface area (Å²) in [5.41, 5.74) is 0.966. The molecule has 1 N–H and O–H groups in total. The predicted molar refractivity (Wildman–Crippen MR) is 72.0 cm³/mol. The molecule has 2 fully saturated rings. The van der Waals surface area contributed by atoms with Crippen LogP contribution in [0.3, 0.4) is 0 Å². The molecule has 1 aromatic heterocycles. The van der Waals surface area contributed by atoms with E-state index in [1.807, 2.05) is 4.90 Å². The van der Waals surface area contributed by atoms with Crippen molar-refractivity contribution in [2.75, 3.05) is 31.2 Å². The Kier molecular flexibility index (Phi) is 3.35. The van der Waals surface area contributed by atoms with Crippen LogP contribution >= 0.6 is 0 Å². The molecule has 6 heteroatoms. The summed E-state index contributed by atoms with van der Waals surface area (Å²) in [7, 11) is 0. The molecule has 0 unspecified atom stereocenters. The standard InChI is InChI=1S/C14H18N2O4/c1-10-7-11(13(17)18)8-12(15-10)16-4-2-3-14(9-16)19-5-6-20-14/h7-8H,2-6,9H2,1H3,(H,17,18). The summed E-state index contributed by atoms with van der Waals surface area (Å²) in [4.78, 5) is 17.6. The third-order valence-electron chi connectivity index (χ3n) is 3.74. The Bertz CT molecular complexity index is 526. The number of aryl methyl sites for hydroxylation is 1. The van der Waals surface area contributed by atoms with Gasteiger partial charge in [0, 0.05) is 18.7 Å². The van der Waals surface area contributed by atoms with E-state index in [1.165, 1.54) is 0 Å². The maximum absolute atomic E-state index is 11.1. The van der Waals surface area contributed by atoms with Crippen molar-refractivity contribution in [2.24, 2.45) is 0 Å². The van der Waals surface area contributed by atoms with Gasteiger partial charge in [-0.25, -0.2) is 9.78 Å². The number of carboxylic acids is 1. The highest BCUT2D eigenvalue weighted by molar-refractivity contribution is 5.88. The van der Waals surface area contributed by atoms with Crippen molar-refractivity contribution in [1.29, 1.82) is 0 Å². The lowest BCUT2D eigenvalue weighted by Crippen LogP contribution is -2.49. The molecule has 2 aliphatic rings. The first-order chi connectivity index (χ1) is 9.58. The van der Waals surface area contributed by atoms with Crippen LogP contribution in [0.5, 0.6) is 0 Å². The number of carboxylic acid groups (broad SMARTS) is 1. The van der Waals surface area contributed by atoms with Crippen molar-refractivity contribution in [2.45, 2.75) is 25.6 Å². The molecule has 0 aromatic carbocycles. The first kappa shape index (κ1) is 13.3. The highest BCUT2D eigenvalue weighted by Crippen LogP contribution is 2.32. The van der Waals surface area contributed by atoms with Crippen molar-refractivity contribution >= 4 is 11.8 Å². The van der Waals surface area contributed by atoms with Gasteiger partial charge in [-0.05, 0) is 25.5 Å². The molecule has 6 nitrogen and oxygen atoms in total. The molecule has 0 amide bonds. The minimum atomic E-state index is -0.933. The van der Waals surface area contributed by atoms with Crippen LogP contribution in [0.4, 0.5) is 5.82 Å². The number of pyridine rings is 1. The molecule has 2 aliphatic heterocycles. The monoisotopic (exact) mass is 278 g/mol. The topological polar surface area (TPSA) is 71.9 Å². The van der Waals surface area contributed by atoms with E-state index in [0.29, 0.717) is 31.3 Å². The summed E-state index contributed by atoms with van der Waals surface area (Å²) in [5.74, 6) is -0.787. The lowest BCUT2D eigenvalue weighted by atomic mass is 10.0. The number of nitrogens with zero attached hydrogens (tertiary/aromatic N) is 2. The number of anilines is 1. The number of aromatic carboxylic acids is 1. The molecule has 1 aromatic rings. The highest BCUT2D eigenvalue weighted by atomic mass is 16.7. The maximum Gasteiger partial charge on any atom is 0.335 e. The van der Waals surface area contributed by atoms with E-state index < -0.39 is 11.8 Å². The lowest BCUT2D eigenvalue weighted by Gasteiger charge is -2.39. The molecule has 0 atom stereocenters. The van der Waals surface area contributed by atoms with Gasteiger partial charge in [0.1, 0.15) is 5.82 Å². The molecule has 0 saturated carbocycles. The molecule has 0 bridgehead atoms. The quantitative estimate of drug-likeness (QED) is 0.882. The van der Waals surface area contributed by atoms with E-state index in [9.17, 15) is 4.79 Å². The SMILES string of the molecule is Cc1cc(C(=O)O)cc(N2CCCC3(C2)OCCO3)n1. The van der Waals surface area contributed by atoms with Crippen molar-refractivity contribution in [1.82, 2.24) is 4.98 Å². The van der Waals surface area contributed by atoms with E-state index in [-0.39, 0.29) is 5.56 Å². The minimum absolute atomic E-state index is 0.264. The Morgan fingerprint density at radius 2 is 2.15 bits per heavy atom. The molecule has 3 heterocycles. The molecular weight excluding hydrogens is 260 g/mol. The number of rotatable bonds is 2. The minimum Gasteiger partial charge on any atom is -0.478 e. The summed E-state index contributed by atoms with van der Waals surface area (Å²) in [6.45, 7) is 4.48. The zero-order valence-corrected chi connectivity index (χ0v) is 11.5. The van der Waals surface area contributed by atoms with E-state index in [1.54, 1.807) is 19.1 Å². The van der Waals surface area contributed by atoms with Crippen LogP contribution in [0.2, 0.25) is 0 Å². The third kappa shape index (κ3) is 2.48. The number of aromatic nitrogens is 1. The van der Waals surface area contributed by atoms with Crippen molar-refractivity contribution in [3.8, 4) is 0 Å². The van der Waals surface area contributed by atoms with Crippen molar-refractivity contribution < 1.29 is 19.4 Å². The summed E-state index contributed by atoms with van der Waals surface area (Å²) in [6.07, 6.45) is 1.82. The van der Waals surface area contributed by atoms with Gasteiger partial charge in [0.25, 0.3) is 0 Å². The van der Waals surface area contributed by atoms with E-state index in [2.05, 4.69) is 4.98 Å². The van der Waals surface area contributed by atoms with Gasteiger partial charge >= 0.3 is 5.97 Å². The average Bonchev–Trinajstić information content (AvgIpc) is 2.86. The predicted octanol–water partition coefficient (Wildman–Crippen LogP) is 1.43. The Morgan fingerprint density at radius 3 is 2.85 bits per heavy atom. The van der Waals surface area contributed by atoms with Gasteiger partial charge < -0.3 is 19.5 Å². The molecule has 1 spiro atoms. The van der Waals surface area contributed by atoms with Gasteiger partial charge in [-0.3, -0.25) is 0 Å². The summed E-state index contributed by atoms with van der Waals surface area (Å²) >= 11 is 0. The number of hydrogen-bond donors (Lipinski definition) is 1. The normalized spacial score (nSPS) is 21.4. The number of piperidine rings is 1. The van der Waals surface area contributed by atoms with Crippen LogP contribution in [-0.2, 0) is 9.47 Å². The van der Waals surface area contributed by atoms with Gasteiger partial charge in [0.2, 0.25) is 0 Å². The van der Waals surface area contributed by atoms with Gasteiger partial charge in [-0.2, -0.15) is 0 Å². The van der Waals surface area contributed by atoms with Gasteiger partial charge in [-0.1, -0.05) is 0 Å². The van der Waals surface area contributed by atoms with Crippen LogP contribution in [0.25, 0.3) is 0 Å². The second-order valence-electron chi connectivity index (χ2n) is 5.29. The highest BCUT2D eigenvalue weighted by Gasteiger charge is 2.41. The molecule has 0 radical (unpaired) electrons. The smallest absolute Gasteiger partial charge is 0.335 e. The average molecular weight is 278 g/mol. The Hall–Kier alpha value is -1.66. The molecule has 108 valence electrons. The van der Waals surface area contributed by atoms with Crippen LogP contribution < -0.4 is 4.90 Å². The zero-order chi connectivity index (χ0) is 14.2. The van der Waals surface area contributed by atoms with Crippen LogP contribution in [0.1, 0.15) is 28.9 Å². The van der Waals surface area contributed by atoms with Gasteiger partial charge in [-0.15, -0.1) is 0 Å². The first-order valence-corrected chi connectivity index (χ1v) is 6.83. The summed E-state index contributed by atoms with van der Waals surface area (Å²) < 4.78 is 11.5. The van der Waals surface area contributed by atoms with E-state index in [4.69, 9.17) is 14.6 Å². The number of hydrogen-bond acceptors (Lipinski definition) is 5. The number of ether oxygens (including phenoxy) is 2. The Labute approximate surface area is 117 Å². The Balaban J connectivity index is 1.86. The number of carbonyl (C=O) groups is 1. The molecule has 20 heavy (non-hydrogen) atoms. The fourth-order valence-electron chi connectivity index (χ4n) is 2.85. The van der Waals surface area contributed by atoms with E-state index >= 15 is 0 Å². The molecule has 3 rings (SSSR count). The van der Waals surface area contributed by atoms with Crippen LogP contribution in [0.15, 0.2) is 12.1 Å². The molecular formula is C14H18N2O4. The fraction of sp³-hybridized carbons (Fsp3) is 0.571. The second kappa shape index (κ2) is 5.03. The largest absolute Gasteiger partial charge is 0.478 e. The molecule has 2 saturated heterocycles. The van der Waals surface area contributed by atoms with E-state index in [0.717, 1.165) is 19.4 Å². The van der Waals surface area contributed by atoms with Gasteiger partial charge in [0.05, 0.1) is 25.3 Å². The van der Waals surface area contributed by atoms with Crippen LogP contribution in [0, 0.1) is 6.92 Å². The lowest BCUT2D eigenvalue weighted by molar-refractivity contribution is -0.161. The van der Waals surface area contributed by atoms with Gasteiger partial charge in [0.15, 0.2) is 5.79 Å². The summed E-state index contributed by atoms with van der Waals surface area (Å²) in [6, 6.07) is 3.19. The third-order valence-corrected chi connectivity index (χ3v) is 3.74. The maximum atomic E-state index is 11.1. The Morgan fingerprint density at radius 1 is 1.40 bits per heavy atom. The van der Waals surface area contributed by atoms with Crippen molar-refractivity contribution in [3.05, 3.63) is 23.4 Å². The zero-order valence-electron chi connectivity index (χ0n) is 11.5.